The summed E-state index contributed by atoms with van der Waals surface area (Å²) in [5, 5.41) is 0. The van der Waals surface area contributed by atoms with Crippen LogP contribution in [0.4, 0.5) is 0 Å². The van der Waals surface area contributed by atoms with Crippen LogP contribution in [0.15, 0.2) is 0 Å². The summed E-state index contributed by atoms with van der Waals surface area (Å²) < 4.78 is 0. The standard InChI is InChI=1S/Bi.Ce.Mo.H2O/h;;;1H2. The maximum Gasteiger partial charge on any atom is 0 e. The van der Waals surface area contributed by atoms with E-state index in [4.69, 9.17) is 0 Å². The van der Waals surface area contributed by atoms with Gasteiger partial charge in [-0.3, -0.25) is 0 Å². The van der Waals surface area contributed by atoms with Crippen molar-refractivity contribution in [3.63, 3.8) is 0 Å². The SMILES string of the molecule is O.[Bi].[Ce].[Mo]. The van der Waals surface area contributed by atoms with Crippen molar-refractivity contribution in [3.8, 4) is 0 Å². The fourth-order valence-corrected chi connectivity index (χ4v) is 0. The second-order valence-corrected chi connectivity index (χ2v) is 0. The molecule has 2 N–H and O–H groups in total. The molecule has 1 nitrogen and oxygen atoms in total. The molecule has 23 valence electrons. The fraction of sp³-hybridized carbons (Fsp3) is 0. The minimum atomic E-state index is 0. The van der Waals surface area contributed by atoms with Gasteiger partial charge in [0.1, 0.15) is 0 Å². The second-order valence-electron chi connectivity index (χ2n) is 0. The van der Waals surface area contributed by atoms with Crippen LogP contribution in [-0.4, -0.2) is 31.7 Å². The zero-order valence-electron chi connectivity index (χ0n) is 1.86. The van der Waals surface area contributed by atoms with E-state index in [2.05, 4.69) is 0 Å². The van der Waals surface area contributed by atoms with E-state index in [1.54, 1.807) is 0 Å². The number of hydrogen-bond donors (Lipinski definition) is 0. The van der Waals surface area contributed by atoms with Crippen molar-refractivity contribution in [2.24, 2.45) is 0 Å². The molecule has 3 radical (unpaired) electrons. The Kier molecular flexibility index (Phi) is 120. The summed E-state index contributed by atoms with van der Waals surface area (Å²) in [5.74, 6) is 0. The minimum absolute atomic E-state index is 0. The molecule has 0 amide bonds. The Balaban J connectivity index is 0. The van der Waals surface area contributed by atoms with Gasteiger partial charge in [-0.25, -0.2) is 0 Å². The molecule has 0 bridgehead atoms. The molecule has 0 saturated carbocycles. The monoisotopic (exact) mass is 465 g/mol. The Hall–Kier alpha value is 2.91. The molecular formula is H2BiCeMoO. The maximum absolute atomic E-state index is 0. The van der Waals surface area contributed by atoms with Crippen LogP contribution in [0.1, 0.15) is 0 Å². The van der Waals surface area contributed by atoms with Gasteiger partial charge in [0.25, 0.3) is 0 Å². The van der Waals surface area contributed by atoms with Gasteiger partial charge in [-0.05, 0) is 0 Å². The molecule has 0 rings (SSSR count). The average Bonchev–Trinajstić information content (AvgIpc) is 0. The molecule has 0 fully saturated rings. The average molecular weight is 463 g/mol. The first-order valence-electron chi connectivity index (χ1n) is 0. The molecule has 0 aliphatic heterocycles. The quantitative estimate of drug-likeness (QED) is 0.405. The number of hydrogen-bond acceptors (Lipinski definition) is 0. The summed E-state index contributed by atoms with van der Waals surface area (Å²) in [6, 6.07) is 0. The zero-order chi connectivity index (χ0) is 0. The Bertz CT molecular complexity index is 8.00. The number of rotatable bonds is 0. The fourth-order valence-electron chi connectivity index (χ4n) is 0. The minimum Gasteiger partial charge on any atom is -0.412 e. The van der Waals surface area contributed by atoms with Crippen LogP contribution in [0.25, 0.3) is 0 Å². The third-order valence-electron chi connectivity index (χ3n) is 0. The summed E-state index contributed by atoms with van der Waals surface area (Å²) in [6.07, 6.45) is 0. The summed E-state index contributed by atoms with van der Waals surface area (Å²) in [5.41, 5.74) is 0. The third-order valence-corrected chi connectivity index (χ3v) is 0. The zero-order valence-corrected chi connectivity index (χ0v) is 10.5. The Morgan fingerprint density at radius 1 is 1.00 bits per heavy atom. The van der Waals surface area contributed by atoms with Gasteiger partial charge in [0, 0.05) is 89.0 Å². The van der Waals surface area contributed by atoms with Crippen molar-refractivity contribution in [2.45, 2.75) is 0 Å². The van der Waals surface area contributed by atoms with Gasteiger partial charge >= 0.3 is 0 Å². The summed E-state index contributed by atoms with van der Waals surface area (Å²) >= 11 is 0. The molecule has 0 aromatic rings. The molecule has 0 unspecified atom stereocenters. The van der Waals surface area contributed by atoms with Gasteiger partial charge < -0.3 is 5.48 Å². The Labute approximate surface area is 92.4 Å². The van der Waals surface area contributed by atoms with Crippen LogP contribution in [-0.2, 0) is 21.1 Å². The molecule has 4 heavy (non-hydrogen) atoms. The van der Waals surface area contributed by atoms with E-state index in [0.29, 0.717) is 0 Å². The van der Waals surface area contributed by atoms with Crippen LogP contribution in [0.5, 0.6) is 0 Å². The van der Waals surface area contributed by atoms with Crippen LogP contribution in [0.3, 0.4) is 0 Å². The first-order chi connectivity index (χ1) is 0. The molecular weight excluding hydrogens is 461 g/mol. The normalized spacial score (nSPS) is 0. The molecule has 0 aromatic heterocycles. The van der Waals surface area contributed by atoms with Gasteiger partial charge in [0.15, 0.2) is 0 Å². The van der Waals surface area contributed by atoms with E-state index >= 15 is 0 Å². The summed E-state index contributed by atoms with van der Waals surface area (Å²) in [6.45, 7) is 0. The van der Waals surface area contributed by atoms with Crippen molar-refractivity contribution in [3.05, 3.63) is 0 Å². The second kappa shape index (κ2) is 16.8. The molecule has 0 atom stereocenters. The molecule has 0 saturated heterocycles. The first kappa shape index (κ1) is 28.5. The van der Waals surface area contributed by atoms with E-state index in [9.17, 15) is 0 Å². The Morgan fingerprint density at radius 2 is 1.00 bits per heavy atom. The van der Waals surface area contributed by atoms with E-state index in [-0.39, 0.29) is 94.5 Å². The molecule has 0 spiro atoms. The smallest absolute Gasteiger partial charge is 0 e. The van der Waals surface area contributed by atoms with Gasteiger partial charge in [0.2, 0.25) is 0 Å². The van der Waals surface area contributed by atoms with Gasteiger partial charge in [0.05, 0.1) is 0 Å². The van der Waals surface area contributed by atoms with E-state index in [1.807, 2.05) is 0 Å². The van der Waals surface area contributed by atoms with Crippen molar-refractivity contribution in [2.75, 3.05) is 0 Å². The van der Waals surface area contributed by atoms with Crippen LogP contribution in [0.2, 0.25) is 0 Å². The predicted molar refractivity (Wildman–Crippen MR) is 9.37 cm³/mol. The van der Waals surface area contributed by atoms with Crippen molar-refractivity contribution in [1.29, 1.82) is 0 Å². The summed E-state index contributed by atoms with van der Waals surface area (Å²) in [4.78, 5) is 0. The van der Waals surface area contributed by atoms with E-state index < -0.39 is 0 Å². The molecule has 0 heterocycles. The van der Waals surface area contributed by atoms with Crippen molar-refractivity contribution < 1.29 is 68.3 Å². The van der Waals surface area contributed by atoms with Crippen molar-refractivity contribution >= 4 is 26.2 Å². The van der Waals surface area contributed by atoms with Crippen LogP contribution >= 0.6 is 0 Å². The first-order valence-corrected chi connectivity index (χ1v) is 0. The van der Waals surface area contributed by atoms with Gasteiger partial charge in [-0.1, -0.05) is 0 Å². The van der Waals surface area contributed by atoms with Crippen LogP contribution < -0.4 is 0 Å². The topological polar surface area (TPSA) is 31.5 Å². The molecule has 4 heteroatoms. The largest absolute Gasteiger partial charge is 0.412 e. The van der Waals surface area contributed by atoms with Crippen molar-refractivity contribution in [1.82, 2.24) is 0 Å². The Morgan fingerprint density at radius 3 is 1.00 bits per heavy atom. The predicted octanol–water partition coefficient (Wildman–Crippen LogP) is -1.21. The van der Waals surface area contributed by atoms with Gasteiger partial charge in [-0.15, -0.1) is 0 Å². The summed E-state index contributed by atoms with van der Waals surface area (Å²) in [7, 11) is 0. The van der Waals surface area contributed by atoms with Crippen LogP contribution in [0, 0.1) is 41.7 Å². The van der Waals surface area contributed by atoms with E-state index in [1.165, 1.54) is 0 Å². The maximum atomic E-state index is 0. The molecule has 0 aromatic carbocycles. The third kappa shape index (κ3) is 8.86. The van der Waals surface area contributed by atoms with E-state index in [0.717, 1.165) is 0 Å². The molecule has 0 aliphatic carbocycles. The van der Waals surface area contributed by atoms with Gasteiger partial charge in [-0.2, -0.15) is 0 Å². The molecule has 0 aliphatic rings.